The number of aryl methyl sites for hydroxylation is 1. The van der Waals surface area contributed by atoms with Gasteiger partial charge in [0.1, 0.15) is 5.75 Å². The van der Waals surface area contributed by atoms with Crippen LogP contribution in [0.15, 0.2) is 24.3 Å². The van der Waals surface area contributed by atoms with Crippen LogP contribution < -0.4 is 4.74 Å². The van der Waals surface area contributed by atoms with E-state index >= 15 is 0 Å². The molecule has 27 heavy (non-hydrogen) atoms. The largest absolute Gasteiger partial charge is 0.490 e. The maximum Gasteiger partial charge on any atom is 0.121 e. The first-order chi connectivity index (χ1) is 13.0. The molecule has 3 rings (SSSR count). The Morgan fingerprint density at radius 2 is 2.07 bits per heavy atom. The highest BCUT2D eigenvalue weighted by molar-refractivity contribution is 7.13. The number of benzene rings is 1. The molecule has 0 amide bonds. The first kappa shape index (κ1) is 20.4. The van der Waals surface area contributed by atoms with Crippen molar-refractivity contribution < 1.29 is 9.84 Å². The van der Waals surface area contributed by atoms with E-state index in [2.05, 4.69) is 45.0 Å². The van der Waals surface area contributed by atoms with Crippen LogP contribution in [0, 0.1) is 12.8 Å². The molecule has 146 valence electrons. The Kier molecular flexibility index (Phi) is 7.02. The van der Waals surface area contributed by atoms with Gasteiger partial charge in [0.05, 0.1) is 17.7 Å². The Bertz CT molecular complexity index is 803. The summed E-state index contributed by atoms with van der Waals surface area (Å²) in [4.78, 5) is 2.19. The SMILES string of the molecule is CCC(C)/C(=C\c1sc(CO)cc1C)c1ccc(OC2CCCC2)cc1Cl. The molecule has 2 nitrogen and oxygen atoms in total. The molecule has 4 heteroatoms. The lowest BCUT2D eigenvalue weighted by molar-refractivity contribution is 0.210. The molecule has 2 aromatic rings. The first-order valence-electron chi connectivity index (χ1n) is 9.90. The van der Waals surface area contributed by atoms with Gasteiger partial charge in [0.25, 0.3) is 0 Å². The van der Waals surface area contributed by atoms with Gasteiger partial charge >= 0.3 is 0 Å². The van der Waals surface area contributed by atoms with E-state index in [1.165, 1.54) is 28.9 Å². The molecule has 1 aromatic carbocycles. The second kappa shape index (κ2) is 9.27. The number of aliphatic hydroxyl groups is 1. The van der Waals surface area contributed by atoms with Gasteiger partial charge in [0, 0.05) is 9.75 Å². The zero-order valence-corrected chi connectivity index (χ0v) is 18.0. The molecule has 1 aliphatic rings. The fourth-order valence-corrected chi connectivity index (χ4v) is 4.90. The first-order valence-corrected chi connectivity index (χ1v) is 11.1. The summed E-state index contributed by atoms with van der Waals surface area (Å²) >= 11 is 8.34. The van der Waals surface area contributed by atoms with Gasteiger partial charge in [0.15, 0.2) is 0 Å². The lowest BCUT2D eigenvalue weighted by Gasteiger charge is -2.18. The van der Waals surface area contributed by atoms with Gasteiger partial charge in [-0.1, -0.05) is 25.4 Å². The van der Waals surface area contributed by atoms with Gasteiger partial charge in [-0.25, -0.2) is 0 Å². The lowest BCUT2D eigenvalue weighted by atomic mass is 9.91. The summed E-state index contributed by atoms with van der Waals surface area (Å²) in [5, 5.41) is 10.2. The van der Waals surface area contributed by atoms with Crippen molar-refractivity contribution in [1.82, 2.24) is 0 Å². The molecule has 1 heterocycles. The highest BCUT2D eigenvalue weighted by Crippen LogP contribution is 2.37. The van der Waals surface area contributed by atoms with E-state index in [-0.39, 0.29) is 6.61 Å². The summed E-state index contributed by atoms with van der Waals surface area (Å²) in [5.74, 6) is 1.26. The lowest BCUT2D eigenvalue weighted by Crippen LogP contribution is -2.10. The monoisotopic (exact) mass is 404 g/mol. The maximum atomic E-state index is 9.43. The quantitative estimate of drug-likeness (QED) is 0.532. The van der Waals surface area contributed by atoms with E-state index in [1.54, 1.807) is 11.3 Å². The number of halogens is 1. The van der Waals surface area contributed by atoms with Gasteiger partial charge in [-0.3, -0.25) is 0 Å². The van der Waals surface area contributed by atoms with Crippen molar-refractivity contribution in [2.75, 3.05) is 0 Å². The summed E-state index contributed by atoms with van der Waals surface area (Å²) in [6.07, 6.45) is 8.42. The van der Waals surface area contributed by atoms with Crippen LogP contribution in [-0.2, 0) is 6.61 Å². The topological polar surface area (TPSA) is 29.5 Å². The third kappa shape index (κ3) is 4.96. The molecular weight excluding hydrogens is 376 g/mol. The molecule has 0 aliphatic heterocycles. The molecule has 1 fully saturated rings. The van der Waals surface area contributed by atoms with Crippen LogP contribution in [0.4, 0.5) is 0 Å². The van der Waals surface area contributed by atoms with Gasteiger partial charge < -0.3 is 9.84 Å². The van der Waals surface area contributed by atoms with E-state index < -0.39 is 0 Å². The predicted octanol–water partition coefficient (Wildman–Crippen LogP) is 7.11. The van der Waals surface area contributed by atoms with Gasteiger partial charge in [-0.05, 0) is 92.0 Å². The van der Waals surface area contributed by atoms with Gasteiger partial charge in [-0.15, -0.1) is 11.3 Å². The minimum absolute atomic E-state index is 0.0893. The Balaban J connectivity index is 1.92. The standard InChI is InChI=1S/C23H29ClO2S/c1-4-15(2)21(13-23-16(3)11-19(14-25)27-23)20-10-9-18(12-22(20)24)26-17-7-5-6-8-17/h9-13,15,17,25H,4-8,14H2,1-3H3/b21-13+. The number of allylic oxidation sites excluding steroid dienone is 1. The van der Waals surface area contributed by atoms with E-state index in [4.69, 9.17) is 16.3 Å². The van der Waals surface area contributed by atoms with Gasteiger partial charge in [0.2, 0.25) is 0 Å². The second-order valence-electron chi connectivity index (χ2n) is 7.49. The Labute approximate surface area is 171 Å². The zero-order chi connectivity index (χ0) is 19.4. The summed E-state index contributed by atoms with van der Waals surface area (Å²) in [5.41, 5.74) is 3.51. The van der Waals surface area contributed by atoms with Crippen molar-refractivity contribution in [1.29, 1.82) is 0 Å². The minimum atomic E-state index is 0.0893. The molecule has 1 atom stereocenters. The van der Waals surface area contributed by atoms with Crippen LogP contribution in [0.2, 0.25) is 5.02 Å². The maximum absolute atomic E-state index is 9.43. The smallest absolute Gasteiger partial charge is 0.121 e. The Hall–Kier alpha value is -1.29. The summed E-state index contributed by atoms with van der Waals surface area (Å²) < 4.78 is 6.10. The molecule has 0 spiro atoms. The summed E-state index contributed by atoms with van der Waals surface area (Å²) in [6.45, 7) is 6.62. The van der Waals surface area contributed by atoms with Crippen LogP contribution in [0.25, 0.3) is 11.6 Å². The van der Waals surface area contributed by atoms with Crippen molar-refractivity contribution in [2.24, 2.45) is 5.92 Å². The van der Waals surface area contributed by atoms with Crippen LogP contribution in [0.3, 0.4) is 0 Å². The minimum Gasteiger partial charge on any atom is -0.490 e. The van der Waals surface area contributed by atoms with E-state index in [9.17, 15) is 5.11 Å². The van der Waals surface area contributed by atoms with Crippen LogP contribution in [0.5, 0.6) is 5.75 Å². The number of ether oxygens (including phenoxy) is 1. The zero-order valence-electron chi connectivity index (χ0n) is 16.4. The van der Waals surface area contributed by atoms with E-state index in [0.717, 1.165) is 40.5 Å². The number of aliphatic hydroxyl groups excluding tert-OH is 1. The Morgan fingerprint density at radius 3 is 2.67 bits per heavy atom. The number of hydrogen-bond acceptors (Lipinski definition) is 3. The van der Waals surface area contributed by atoms with Gasteiger partial charge in [-0.2, -0.15) is 0 Å². The number of thiophene rings is 1. The molecule has 1 saturated carbocycles. The highest BCUT2D eigenvalue weighted by Gasteiger charge is 2.19. The van der Waals surface area contributed by atoms with Crippen molar-refractivity contribution in [3.05, 3.63) is 50.2 Å². The predicted molar refractivity (Wildman–Crippen MR) is 117 cm³/mol. The van der Waals surface area contributed by atoms with Crippen LogP contribution >= 0.6 is 22.9 Å². The third-order valence-corrected chi connectivity index (χ3v) is 6.93. The Morgan fingerprint density at radius 1 is 1.33 bits per heavy atom. The molecule has 0 saturated heterocycles. The van der Waals surface area contributed by atoms with Crippen molar-refractivity contribution >= 4 is 34.6 Å². The molecule has 0 bridgehead atoms. The average molecular weight is 405 g/mol. The average Bonchev–Trinajstić information content (AvgIpc) is 3.29. The molecule has 0 radical (unpaired) electrons. The summed E-state index contributed by atoms with van der Waals surface area (Å²) in [6, 6.07) is 8.17. The molecule has 1 aromatic heterocycles. The molecule has 1 aliphatic carbocycles. The summed E-state index contributed by atoms with van der Waals surface area (Å²) in [7, 11) is 0. The molecule has 1 unspecified atom stereocenters. The van der Waals surface area contributed by atoms with Crippen molar-refractivity contribution in [3.8, 4) is 5.75 Å². The van der Waals surface area contributed by atoms with Crippen LogP contribution in [0.1, 0.15) is 66.8 Å². The second-order valence-corrected chi connectivity index (χ2v) is 9.07. The normalized spacial score (nSPS) is 16.7. The molecule has 1 N–H and O–H groups in total. The van der Waals surface area contributed by atoms with E-state index in [1.807, 2.05) is 6.07 Å². The fourth-order valence-electron chi connectivity index (χ4n) is 3.63. The third-order valence-electron chi connectivity index (χ3n) is 5.45. The van der Waals surface area contributed by atoms with E-state index in [0.29, 0.717) is 12.0 Å². The fraction of sp³-hybridized carbons (Fsp3) is 0.478. The highest BCUT2D eigenvalue weighted by atomic mass is 35.5. The van der Waals surface area contributed by atoms with Crippen molar-refractivity contribution in [2.45, 2.75) is 65.6 Å². The number of hydrogen-bond donors (Lipinski definition) is 1. The molecular formula is C23H29ClO2S. The van der Waals surface area contributed by atoms with Crippen molar-refractivity contribution in [3.63, 3.8) is 0 Å². The van der Waals surface area contributed by atoms with Crippen LogP contribution in [-0.4, -0.2) is 11.2 Å². The number of rotatable bonds is 7.